The molecule has 0 aliphatic rings. The van der Waals surface area contributed by atoms with Crippen molar-refractivity contribution < 1.29 is 33.0 Å². The Bertz CT molecular complexity index is 350. The smallest absolute Gasteiger partial charge is 0.463 e. The van der Waals surface area contributed by atoms with E-state index >= 15 is 0 Å². The van der Waals surface area contributed by atoms with Gasteiger partial charge >= 0.3 is 14.8 Å². The van der Waals surface area contributed by atoms with Gasteiger partial charge in [0.05, 0.1) is 12.2 Å². The molecule has 0 aliphatic heterocycles. The van der Waals surface area contributed by atoms with E-state index in [0.717, 1.165) is 6.08 Å². The van der Waals surface area contributed by atoms with Crippen LogP contribution in [0.4, 0.5) is 0 Å². The Morgan fingerprint density at radius 2 is 1.71 bits per heavy atom. The zero-order chi connectivity index (χ0) is 18.5. The van der Waals surface area contributed by atoms with Gasteiger partial charge in [-0.2, -0.15) is 0 Å². The molecule has 24 heavy (non-hydrogen) atoms. The Morgan fingerprint density at radius 3 is 2.12 bits per heavy atom. The van der Waals surface area contributed by atoms with Crippen LogP contribution in [0.25, 0.3) is 0 Å². The quantitative estimate of drug-likeness (QED) is 0.197. The van der Waals surface area contributed by atoms with Crippen LogP contribution in [0.1, 0.15) is 40.0 Å². The highest BCUT2D eigenvalue weighted by atomic mass is 28.4. The fourth-order valence-electron chi connectivity index (χ4n) is 2.33. The average Bonchev–Trinajstić information content (AvgIpc) is 2.52. The highest BCUT2D eigenvalue weighted by Gasteiger charge is 2.46. The monoisotopic (exact) mass is 364 g/mol. The molecular formula is C16H32O7Si. The van der Waals surface area contributed by atoms with Crippen LogP contribution >= 0.6 is 0 Å². The van der Waals surface area contributed by atoms with Crippen molar-refractivity contribution in [1.29, 1.82) is 0 Å². The van der Waals surface area contributed by atoms with Crippen LogP contribution in [0.2, 0.25) is 6.04 Å². The molecule has 142 valence electrons. The minimum Gasteiger partial charge on any atom is -0.463 e. The molecule has 0 saturated heterocycles. The van der Waals surface area contributed by atoms with Gasteiger partial charge in [-0.25, -0.2) is 4.79 Å². The van der Waals surface area contributed by atoms with Crippen LogP contribution in [0.3, 0.4) is 0 Å². The Hall–Kier alpha value is -0.773. The molecule has 0 amide bonds. The predicted molar refractivity (Wildman–Crippen MR) is 92.5 cm³/mol. The summed E-state index contributed by atoms with van der Waals surface area (Å²) >= 11 is 0. The molecule has 0 aliphatic carbocycles. The Morgan fingerprint density at radius 1 is 1.17 bits per heavy atom. The summed E-state index contributed by atoms with van der Waals surface area (Å²) in [6, 6.07) is 0.478. The first kappa shape index (κ1) is 23.2. The summed E-state index contributed by atoms with van der Waals surface area (Å²) in [6.45, 7) is 9.85. The maximum Gasteiger partial charge on any atom is 0.501 e. The molecule has 0 fully saturated rings. The van der Waals surface area contributed by atoms with Gasteiger partial charge < -0.3 is 28.2 Å². The molecule has 0 radical (unpaired) electrons. The Labute approximate surface area is 145 Å². The van der Waals surface area contributed by atoms with Gasteiger partial charge in [-0.3, -0.25) is 0 Å². The molecule has 0 aromatic rings. The van der Waals surface area contributed by atoms with Crippen molar-refractivity contribution in [3.8, 4) is 0 Å². The SMILES string of the molecule is C=CC(=O)OCCC[Si](OCC)(OCC)OC(C)(CCO)CCO. The van der Waals surface area contributed by atoms with Gasteiger partial charge in [0, 0.05) is 38.5 Å². The van der Waals surface area contributed by atoms with E-state index in [1.807, 2.05) is 20.8 Å². The van der Waals surface area contributed by atoms with Gasteiger partial charge in [0.2, 0.25) is 0 Å². The summed E-state index contributed by atoms with van der Waals surface area (Å²) in [5, 5.41) is 18.6. The third-order valence-electron chi connectivity index (χ3n) is 3.45. The number of ether oxygens (including phenoxy) is 1. The molecule has 0 spiro atoms. The zero-order valence-electron chi connectivity index (χ0n) is 15.1. The van der Waals surface area contributed by atoms with E-state index in [2.05, 4.69) is 6.58 Å². The molecule has 0 bridgehead atoms. The number of carbonyl (C=O) groups excluding carboxylic acids is 1. The first-order valence-corrected chi connectivity index (χ1v) is 10.3. The number of aliphatic hydroxyl groups excluding tert-OH is 2. The lowest BCUT2D eigenvalue weighted by Crippen LogP contribution is -2.53. The lowest BCUT2D eigenvalue weighted by Gasteiger charge is -2.39. The first-order valence-electron chi connectivity index (χ1n) is 8.40. The normalized spacial score (nSPS) is 12.2. The number of hydrogen-bond donors (Lipinski definition) is 2. The van der Waals surface area contributed by atoms with E-state index in [9.17, 15) is 15.0 Å². The second kappa shape index (κ2) is 12.6. The standard InChI is InChI=1S/C16H32O7Si/c1-5-15(19)20-13-8-14-24(21-6-2,22-7-3)23-16(4,9-11-17)10-12-18/h5,17-18H,1,6-14H2,2-4H3. The predicted octanol–water partition coefficient (Wildman–Crippen LogP) is 1.66. The van der Waals surface area contributed by atoms with Crippen molar-refractivity contribution in [3.05, 3.63) is 12.7 Å². The number of carbonyl (C=O) groups is 1. The summed E-state index contributed by atoms with van der Waals surface area (Å²) in [6.07, 6.45) is 2.38. The Kier molecular flexibility index (Phi) is 12.2. The van der Waals surface area contributed by atoms with Crippen LogP contribution in [0.5, 0.6) is 0 Å². The summed E-state index contributed by atoms with van der Waals surface area (Å²) in [5.41, 5.74) is -0.738. The number of hydrogen-bond acceptors (Lipinski definition) is 7. The van der Waals surface area contributed by atoms with E-state index in [-0.39, 0.29) is 19.8 Å². The maximum atomic E-state index is 11.1. The largest absolute Gasteiger partial charge is 0.501 e. The summed E-state index contributed by atoms with van der Waals surface area (Å²) < 4.78 is 22.9. The van der Waals surface area contributed by atoms with Gasteiger partial charge in [-0.05, 0) is 40.0 Å². The molecule has 0 rings (SSSR count). The maximum absolute atomic E-state index is 11.1. The molecular weight excluding hydrogens is 332 g/mol. The van der Waals surface area contributed by atoms with Crippen molar-refractivity contribution in [2.75, 3.05) is 33.0 Å². The van der Waals surface area contributed by atoms with Crippen molar-refractivity contribution in [2.24, 2.45) is 0 Å². The summed E-state index contributed by atoms with van der Waals surface area (Å²) in [7, 11) is -3.03. The van der Waals surface area contributed by atoms with E-state index in [1.54, 1.807) is 0 Å². The zero-order valence-corrected chi connectivity index (χ0v) is 16.1. The lowest BCUT2D eigenvalue weighted by atomic mass is 9.99. The molecule has 0 heterocycles. The number of rotatable bonds is 15. The van der Waals surface area contributed by atoms with Crippen molar-refractivity contribution >= 4 is 14.8 Å². The third-order valence-corrected chi connectivity index (χ3v) is 6.68. The van der Waals surface area contributed by atoms with Gasteiger partial charge in [-0.1, -0.05) is 6.58 Å². The van der Waals surface area contributed by atoms with Crippen molar-refractivity contribution in [1.82, 2.24) is 0 Å². The lowest BCUT2D eigenvalue weighted by molar-refractivity contribution is -0.137. The topological polar surface area (TPSA) is 94.5 Å². The molecule has 0 unspecified atom stereocenters. The molecule has 0 atom stereocenters. The van der Waals surface area contributed by atoms with E-state index in [4.69, 9.17) is 18.0 Å². The molecule has 0 saturated carbocycles. The highest BCUT2D eigenvalue weighted by Crippen LogP contribution is 2.29. The van der Waals surface area contributed by atoms with E-state index in [1.165, 1.54) is 0 Å². The Balaban J connectivity index is 5.01. The summed E-state index contributed by atoms with van der Waals surface area (Å²) in [4.78, 5) is 11.1. The van der Waals surface area contributed by atoms with Crippen LogP contribution in [-0.2, 0) is 22.8 Å². The van der Waals surface area contributed by atoms with Crippen LogP contribution in [-0.4, -0.2) is 63.6 Å². The minimum atomic E-state index is -3.03. The van der Waals surface area contributed by atoms with E-state index < -0.39 is 20.4 Å². The highest BCUT2D eigenvalue weighted by molar-refractivity contribution is 6.60. The van der Waals surface area contributed by atoms with Gasteiger partial charge in [0.25, 0.3) is 0 Å². The van der Waals surface area contributed by atoms with Crippen molar-refractivity contribution in [2.45, 2.75) is 51.7 Å². The average molecular weight is 365 g/mol. The second-order valence-electron chi connectivity index (χ2n) is 5.52. The molecule has 2 N–H and O–H groups in total. The van der Waals surface area contributed by atoms with Gasteiger partial charge in [-0.15, -0.1) is 0 Å². The van der Waals surface area contributed by atoms with Crippen LogP contribution < -0.4 is 0 Å². The molecule has 8 heteroatoms. The van der Waals surface area contributed by atoms with Crippen LogP contribution in [0.15, 0.2) is 12.7 Å². The molecule has 0 aromatic heterocycles. The minimum absolute atomic E-state index is 0.0593. The van der Waals surface area contributed by atoms with Gasteiger partial charge in [0.15, 0.2) is 0 Å². The third kappa shape index (κ3) is 8.91. The molecule has 0 aromatic carbocycles. The fourth-order valence-corrected chi connectivity index (χ4v) is 5.34. The van der Waals surface area contributed by atoms with E-state index in [0.29, 0.717) is 38.5 Å². The van der Waals surface area contributed by atoms with Crippen molar-refractivity contribution in [3.63, 3.8) is 0 Å². The number of aliphatic hydroxyl groups is 2. The van der Waals surface area contributed by atoms with Crippen LogP contribution in [0, 0.1) is 0 Å². The fraction of sp³-hybridized carbons (Fsp3) is 0.812. The first-order chi connectivity index (χ1) is 11.4. The molecule has 7 nitrogen and oxygen atoms in total. The summed E-state index contributed by atoms with van der Waals surface area (Å²) in [5.74, 6) is -0.471. The van der Waals surface area contributed by atoms with Gasteiger partial charge in [0.1, 0.15) is 0 Å². The second-order valence-corrected chi connectivity index (χ2v) is 8.17. The number of esters is 1.